The minimum atomic E-state index is -0.278. The van der Waals surface area contributed by atoms with Crippen LogP contribution in [0, 0.1) is 0 Å². The molecule has 0 radical (unpaired) electrons. The lowest BCUT2D eigenvalue weighted by Crippen LogP contribution is -2.35. The lowest BCUT2D eigenvalue weighted by atomic mass is 10.1. The van der Waals surface area contributed by atoms with Crippen molar-refractivity contribution in [1.82, 2.24) is 10.6 Å². The summed E-state index contributed by atoms with van der Waals surface area (Å²) in [7, 11) is 1.53. The van der Waals surface area contributed by atoms with Crippen molar-refractivity contribution in [3.05, 3.63) is 183 Å². The van der Waals surface area contributed by atoms with Crippen molar-refractivity contribution in [3.8, 4) is 34.1 Å². The Kier molecular flexibility index (Phi) is 12.5. The first-order valence-electron chi connectivity index (χ1n) is 20.4. The number of hydrogen-bond acceptors (Lipinski definition) is 11. The number of methoxy groups -OCH3 is 1. The minimum Gasteiger partial charge on any atom is -0.496 e. The van der Waals surface area contributed by atoms with E-state index in [9.17, 15) is 19.2 Å². The topological polar surface area (TPSA) is 149 Å². The Morgan fingerprint density at radius 3 is 1.86 bits per heavy atom. The summed E-state index contributed by atoms with van der Waals surface area (Å²) < 4.78 is 23.1. The van der Waals surface area contributed by atoms with E-state index in [1.165, 1.54) is 30.6 Å². The van der Waals surface area contributed by atoms with Crippen LogP contribution in [0.1, 0.15) is 53.0 Å². The number of rotatable bonds is 7. The molecule has 5 aromatic carbocycles. The molecule has 2 amide bonds. The summed E-state index contributed by atoms with van der Waals surface area (Å²) in [5.74, 6) is 2.93. The molecular formula is C51H39N3O8S2. The van der Waals surface area contributed by atoms with Gasteiger partial charge in [0, 0.05) is 57.4 Å². The van der Waals surface area contributed by atoms with Crippen molar-refractivity contribution in [1.29, 1.82) is 0 Å². The van der Waals surface area contributed by atoms with Crippen LogP contribution in [-0.2, 0) is 0 Å². The van der Waals surface area contributed by atoms with E-state index in [0.29, 0.717) is 93.0 Å². The number of amides is 2. The molecule has 7 aromatic rings. The number of benzene rings is 5. The highest BCUT2D eigenvalue weighted by molar-refractivity contribution is 8.05. The van der Waals surface area contributed by atoms with E-state index < -0.39 is 0 Å². The molecule has 0 saturated heterocycles. The summed E-state index contributed by atoms with van der Waals surface area (Å²) in [4.78, 5) is 53.9. The van der Waals surface area contributed by atoms with Gasteiger partial charge in [-0.15, -0.1) is 0 Å². The van der Waals surface area contributed by atoms with Gasteiger partial charge in [0.05, 0.1) is 28.0 Å². The average molecular weight is 886 g/mol. The average Bonchev–Trinajstić information content (AvgIpc) is 4.13. The summed E-state index contributed by atoms with van der Waals surface area (Å²) in [5, 5.41) is 8.97. The van der Waals surface area contributed by atoms with Gasteiger partial charge in [0.1, 0.15) is 41.1 Å². The maximum Gasteiger partial charge on any atom is 0.259 e. The van der Waals surface area contributed by atoms with Crippen LogP contribution >= 0.6 is 23.5 Å². The van der Waals surface area contributed by atoms with E-state index in [2.05, 4.69) is 16.0 Å². The molecule has 318 valence electrons. The summed E-state index contributed by atoms with van der Waals surface area (Å²) in [6.45, 7) is 2.45. The Hall–Kier alpha value is -7.32. The number of carbonyl (C=O) groups excluding carboxylic acids is 4. The molecular weight excluding hydrogens is 847 g/mol. The number of hydrogen-bond donors (Lipinski definition) is 3. The standard InChI is InChI=1S/C27H19NO4S.C24H20N2O4S/c1-31-23-13-11-17(15-21(23)27(30)28-18-7-3-2-4-8-18)22-14-12-19(32-22)16-25-26(29)20-9-5-6-10-24(20)33-25;27-23-17-3-1-2-4-21(17)31-22(23)14-16-6-8-19(30-16)15-5-7-20-18(13-15)24(28)26-10-9-25-11-12-29-20/h2-16H,1H3,(H,28,30);1-8,13-14,25H,9-12H2,(H,26,28)/b25-16-;22-14-. The number of carbonyl (C=O) groups is 4. The fourth-order valence-corrected chi connectivity index (χ4v) is 9.23. The molecule has 2 aromatic heterocycles. The van der Waals surface area contributed by atoms with Crippen molar-refractivity contribution in [2.75, 3.05) is 38.7 Å². The van der Waals surface area contributed by atoms with Gasteiger partial charge >= 0.3 is 0 Å². The van der Waals surface area contributed by atoms with Gasteiger partial charge < -0.3 is 34.3 Å². The number of nitrogens with one attached hydrogen (secondary N) is 3. The van der Waals surface area contributed by atoms with E-state index in [0.717, 1.165) is 26.5 Å². The van der Waals surface area contributed by atoms with Crippen molar-refractivity contribution in [2.24, 2.45) is 0 Å². The van der Waals surface area contributed by atoms with Gasteiger partial charge in [0.15, 0.2) is 0 Å². The van der Waals surface area contributed by atoms with Crippen molar-refractivity contribution in [3.63, 3.8) is 0 Å². The molecule has 3 aliphatic rings. The van der Waals surface area contributed by atoms with Crippen LogP contribution in [0.3, 0.4) is 0 Å². The van der Waals surface area contributed by atoms with Gasteiger partial charge in [-0.05, 0) is 109 Å². The fourth-order valence-electron chi connectivity index (χ4n) is 7.16. The zero-order valence-electron chi connectivity index (χ0n) is 34.3. The molecule has 11 nitrogen and oxygen atoms in total. The second kappa shape index (κ2) is 19.0. The quantitative estimate of drug-likeness (QED) is 0.131. The highest BCUT2D eigenvalue weighted by Crippen LogP contribution is 2.42. The third-order valence-corrected chi connectivity index (χ3v) is 12.5. The van der Waals surface area contributed by atoms with E-state index in [1.54, 1.807) is 36.4 Å². The zero-order valence-corrected chi connectivity index (χ0v) is 36.0. The van der Waals surface area contributed by atoms with E-state index >= 15 is 0 Å². The van der Waals surface area contributed by atoms with Crippen LogP contribution in [0.5, 0.6) is 11.5 Å². The van der Waals surface area contributed by atoms with Crippen molar-refractivity contribution >= 4 is 64.7 Å². The first-order chi connectivity index (χ1) is 31.3. The largest absolute Gasteiger partial charge is 0.496 e. The molecule has 0 aliphatic carbocycles. The van der Waals surface area contributed by atoms with Crippen LogP contribution in [-0.4, -0.2) is 56.7 Å². The summed E-state index contributed by atoms with van der Waals surface area (Å²) >= 11 is 2.89. The van der Waals surface area contributed by atoms with Gasteiger partial charge in [0.2, 0.25) is 11.6 Å². The van der Waals surface area contributed by atoms with E-state index in [-0.39, 0.29) is 23.4 Å². The lowest BCUT2D eigenvalue weighted by molar-refractivity contribution is 0.0946. The predicted octanol–water partition coefficient (Wildman–Crippen LogP) is 10.5. The van der Waals surface area contributed by atoms with Gasteiger partial charge in [0.25, 0.3) is 11.8 Å². The third kappa shape index (κ3) is 9.23. The Morgan fingerprint density at radius 2 is 1.23 bits per heavy atom. The molecule has 10 rings (SSSR count). The molecule has 0 bridgehead atoms. The Morgan fingerprint density at radius 1 is 0.641 bits per heavy atom. The predicted molar refractivity (Wildman–Crippen MR) is 249 cm³/mol. The van der Waals surface area contributed by atoms with Crippen LogP contribution in [0.2, 0.25) is 0 Å². The van der Waals surface area contributed by atoms with Crippen LogP contribution in [0.25, 0.3) is 34.8 Å². The number of fused-ring (bicyclic) bond motifs is 3. The number of ketones is 2. The van der Waals surface area contributed by atoms with Gasteiger partial charge in [-0.2, -0.15) is 0 Å². The number of thioether (sulfide) groups is 2. The Balaban J connectivity index is 0.000000162. The molecule has 3 aliphatic heterocycles. The molecule has 64 heavy (non-hydrogen) atoms. The number of anilines is 1. The molecule has 3 N–H and O–H groups in total. The Bertz CT molecular complexity index is 2990. The molecule has 5 heterocycles. The smallest absolute Gasteiger partial charge is 0.259 e. The monoisotopic (exact) mass is 885 g/mol. The van der Waals surface area contributed by atoms with Gasteiger partial charge in [-0.25, -0.2) is 0 Å². The number of allylic oxidation sites excluding steroid dienone is 2. The normalized spacial score (nSPS) is 15.6. The van der Waals surface area contributed by atoms with Gasteiger partial charge in [-0.1, -0.05) is 66.0 Å². The maximum atomic E-state index is 12.9. The lowest BCUT2D eigenvalue weighted by Gasteiger charge is -2.15. The summed E-state index contributed by atoms with van der Waals surface area (Å²) in [6.07, 6.45) is 3.52. The number of Topliss-reactive ketones (excluding diaryl/α,β-unsaturated/α-hetero) is 2. The molecule has 13 heteroatoms. The fraction of sp³-hybridized carbons (Fsp3) is 0.0980. The second-order valence-electron chi connectivity index (χ2n) is 14.6. The van der Waals surface area contributed by atoms with Crippen LogP contribution < -0.4 is 25.4 Å². The zero-order chi connectivity index (χ0) is 44.0. The van der Waals surface area contributed by atoms with Crippen molar-refractivity contribution < 1.29 is 37.5 Å². The Labute approximate surface area is 376 Å². The van der Waals surface area contributed by atoms with E-state index in [1.807, 2.05) is 115 Å². The summed E-state index contributed by atoms with van der Waals surface area (Å²) in [6, 6.07) is 42.4. The first kappa shape index (κ1) is 42.0. The molecule has 0 unspecified atom stereocenters. The summed E-state index contributed by atoms with van der Waals surface area (Å²) in [5.41, 5.74) is 4.50. The van der Waals surface area contributed by atoms with Crippen LogP contribution in [0.15, 0.2) is 168 Å². The van der Waals surface area contributed by atoms with Gasteiger partial charge in [-0.3, -0.25) is 19.2 Å². The molecule has 0 spiro atoms. The maximum absolute atomic E-state index is 12.9. The van der Waals surface area contributed by atoms with Crippen LogP contribution in [0.4, 0.5) is 5.69 Å². The van der Waals surface area contributed by atoms with E-state index in [4.69, 9.17) is 18.3 Å². The number of furan rings is 2. The molecule has 0 atom stereocenters. The SMILES string of the molecule is COc1ccc(-c2ccc(/C=C3\Sc4ccccc4C3=O)o2)cc1C(=O)Nc1ccccc1.O=C1NCCNCCOc2ccc(-c3ccc(/C=C4\Sc5ccccc5C4=O)o3)cc21. The highest BCUT2D eigenvalue weighted by Gasteiger charge is 2.27. The molecule has 0 fully saturated rings. The second-order valence-corrected chi connectivity index (χ2v) is 16.7. The van der Waals surface area contributed by atoms with Crippen molar-refractivity contribution in [2.45, 2.75) is 9.79 Å². The first-order valence-corrected chi connectivity index (χ1v) is 22.0. The minimum absolute atomic E-state index is 0.00198. The number of para-hydroxylation sites is 1. The molecule has 0 saturated carbocycles. The highest BCUT2D eigenvalue weighted by atomic mass is 32.2. The number of ether oxygens (including phenoxy) is 2. The third-order valence-electron chi connectivity index (χ3n) is 10.3.